The number of benzene rings is 2. The van der Waals surface area contributed by atoms with Crippen molar-refractivity contribution in [3.05, 3.63) is 70.8 Å². The van der Waals surface area contributed by atoms with Gasteiger partial charge >= 0.3 is 6.18 Å². The van der Waals surface area contributed by atoms with Crippen LogP contribution in [0.2, 0.25) is 0 Å². The second-order valence-corrected chi connectivity index (χ2v) is 9.96. The maximum Gasteiger partial charge on any atom is 0.416 e. The molecule has 0 bridgehead atoms. The zero-order chi connectivity index (χ0) is 25.6. The molecule has 1 aliphatic heterocycles. The molecule has 1 aliphatic rings. The molecule has 3 rings (SSSR count). The van der Waals surface area contributed by atoms with Gasteiger partial charge in [0.1, 0.15) is 0 Å². The molecule has 0 radical (unpaired) electrons. The Hall–Kier alpha value is -2.42. The number of hydrogen-bond donors (Lipinski definition) is 1. The third kappa shape index (κ3) is 7.29. The number of nitrogens with two attached hydrogens (primary N) is 1. The van der Waals surface area contributed by atoms with Crippen molar-refractivity contribution >= 4 is 5.91 Å². The van der Waals surface area contributed by atoms with E-state index in [4.69, 9.17) is 5.73 Å². The summed E-state index contributed by atoms with van der Waals surface area (Å²) < 4.78 is 39.2. The number of rotatable bonds is 9. The molecule has 1 unspecified atom stereocenters. The number of hydrogen-bond acceptors (Lipinski definition) is 4. The fraction of sp³-hybridized carbons (Fsp3) is 0.519. The summed E-state index contributed by atoms with van der Waals surface area (Å²) in [6.07, 6.45) is -3.67. The summed E-state index contributed by atoms with van der Waals surface area (Å²) in [7, 11) is 4.09. The first-order valence-corrected chi connectivity index (χ1v) is 12.1. The Kier molecular flexibility index (Phi) is 8.96. The molecule has 35 heavy (non-hydrogen) atoms. The van der Waals surface area contributed by atoms with Gasteiger partial charge in [-0.3, -0.25) is 9.69 Å². The highest BCUT2D eigenvalue weighted by Gasteiger charge is 2.41. The Balaban J connectivity index is 1.83. The summed E-state index contributed by atoms with van der Waals surface area (Å²) >= 11 is 0. The lowest BCUT2D eigenvalue weighted by Gasteiger charge is -2.41. The van der Waals surface area contributed by atoms with Gasteiger partial charge in [-0.1, -0.05) is 42.0 Å². The van der Waals surface area contributed by atoms with E-state index in [1.807, 2.05) is 50.2 Å². The van der Waals surface area contributed by atoms with Crippen molar-refractivity contribution in [1.82, 2.24) is 14.7 Å². The largest absolute Gasteiger partial charge is 0.416 e. The molecule has 1 heterocycles. The second-order valence-electron chi connectivity index (χ2n) is 9.96. The van der Waals surface area contributed by atoms with Gasteiger partial charge in [-0.05, 0) is 57.1 Å². The molecule has 2 N–H and O–H groups in total. The third-order valence-corrected chi connectivity index (χ3v) is 6.85. The molecule has 2 aromatic rings. The van der Waals surface area contributed by atoms with Crippen LogP contribution in [0, 0.1) is 12.3 Å². The smallest absolute Gasteiger partial charge is 0.340 e. The van der Waals surface area contributed by atoms with Gasteiger partial charge in [-0.15, -0.1) is 0 Å². The van der Waals surface area contributed by atoms with Gasteiger partial charge in [0, 0.05) is 45.8 Å². The van der Waals surface area contributed by atoms with Crippen molar-refractivity contribution in [1.29, 1.82) is 0 Å². The van der Waals surface area contributed by atoms with Crippen molar-refractivity contribution < 1.29 is 18.0 Å². The van der Waals surface area contributed by atoms with E-state index >= 15 is 0 Å². The van der Waals surface area contributed by atoms with Crippen LogP contribution < -0.4 is 5.73 Å². The highest BCUT2D eigenvalue weighted by Crippen LogP contribution is 2.33. The number of aryl methyl sites for hydroxylation is 1. The monoisotopic (exact) mass is 490 g/mol. The summed E-state index contributed by atoms with van der Waals surface area (Å²) in [5.41, 5.74) is 7.47. The highest BCUT2D eigenvalue weighted by atomic mass is 19.4. The van der Waals surface area contributed by atoms with Gasteiger partial charge in [0.15, 0.2) is 0 Å². The van der Waals surface area contributed by atoms with Gasteiger partial charge in [-0.2, -0.15) is 13.2 Å². The van der Waals surface area contributed by atoms with E-state index in [1.165, 1.54) is 12.1 Å². The summed E-state index contributed by atoms with van der Waals surface area (Å²) in [6.45, 7) is 6.86. The lowest BCUT2D eigenvalue weighted by Crippen LogP contribution is -2.56. The Morgan fingerprint density at radius 3 is 1.89 bits per heavy atom. The molecule has 5 nitrogen and oxygen atoms in total. The molecule has 0 spiro atoms. The maximum absolute atomic E-state index is 14.0. The maximum atomic E-state index is 14.0. The van der Waals surface area contributed by atoms with Crippen LogP contribution in [0.5, 0.6) is 0 Å². The van der Waals surface area contributed by atoms with Gasteiger partial charge in [0.25, 0.3) is 0 Å². The van der Waals surface area contributed by atoms with E-state index < -0.39 is 17.2 Å². The molecule has 1 atom stereocenters. The number of carbonyl (C=O) groups is 1. The van der Waals surface area contributed by atoms with Crippen LogP contribution in [0.1, 0.15) is 22.3 Å². The molecular weight excluding hydrogens is 453 g/mol. The molecule has 0 aliphatic carbocycles. The van der Waals surface area contributed by atoms with Gasteiger partial charge in [0.05, 0.1) is 11.0 Å². The van der Waals surface area contributed by atoms with Crippen molar-refractivity contribution in [3.8, 4) is 0 Å². The van der Waals surface area contributed by atoms with Crippen LogP contribution >= 0.6 is 0 Å². The second kappa shape index (κ2) is 11.5. The molecule has 1 saturated heterocycles. The summed E-state index contributed by atoms with van der Waals surface area (Å²) in [5.74, 6) is -0.0206. The first kappa shape index (κ1) is 27.2. The molecular formula is C27H37F3N4O. The van der Waals surface area contributed by atoms with Crippen molar-refractivity contribution in [2.45, 2.75) is 25.9 Å². The van der Waals surface area contributed by atoms with Crippen LogP contribution in [-0.4, -0.2) is 80.5 Å². The van der Waals surface area contributed by atoms with Gasteiger partial charge in [0.2, 0.25) is 5.91 Å². The zero-order valence-electron chi connectivity index (χ0n) is 20.9. The average Bonchev–Trinajstić information content (AvgIpc) is 2.83. The SMILES string of the molecule is Cc1ccc(CC(CN)(Cc2ccc(C(F)(F)F)cc2)C(=O)N2CCN(CCN(C)C)CC2)cc1. The Morgan fingerprint density at radius 1 is 0.914 bits per heavy atom. The van der Waals surface area contributed by atoms with Crippen LogP contribution in [0.3, 0.4) is 0 Å². The molecule has 8 heteroatoms. The molecule has 0 aromatic heterocycles. The molecule has 0 saturated carbocycles. The van der Waals surface area contributed by atoms with E-state index in [0.29, 0.717) is 25.1 Å². The fourth-order valence-corrected chi connectivity index (χ4v) is 4.60. The molecule has 2 aromatic carbocycles. The zero-order valence-corrected chi connectivity index (χ0v) is 20.9. The van der Waals surface area contributed by atoms with Crippen LogP contribution in [0.4, 0.5) is 13.2 Å². The molecule has 1 fully saturated rings. The molecule has 1 amide bonds. The predicted molar refractivity (Wildman–Crippen MR) is 133 cm³/mol. The quantitative estimate of drug-likeness (QED) is 0.585. The number of likely N-dealkylation sites (N-methyl/N-ethyl adjacent to an activating group) is 1. The number of amides is 1. The Labute approximate surface area is 206 Å². The molecule has 192 valence electrons. The Bertz CT molecular complexity index is 952. The van der Waals surface area contributed by atoms with E-state index in [2.05, 4.69) is 9.80 Å². The third-order valence-electron chi connectivity index (χ3n) is 6.85. The minimum absolute atomic E-state index is 0.0206. The van der Waals surface area contributed by atoms with Crippen molar-refractivity contribution in [2.24, 2.45) is 11.1 Å². The first-order chi connectivity index (χ1) is 16.5. The summed E-state index contributed by atoms with van der Waals surface area (Å²) in [6, 6.07) is 13.1. The van der Waals surface area contributed by atoms with Crippen molar-refractivity contribution in [2.75, 3.05) is 59.9 Å². The van der Waals surface area contributed by atoms with Crippen LogP contribution in [0.15, 0.2) is 48.5 Å². The van der Waals surface area contributed by atoms with E-state index in [1.54, 1.807) is 0 Å². The van der Waals surface area contributed by atoms with Crippen LogP contribution in [-0.2, 0) is 23.8 Å². The summed E-state index contributed by atoms with van der Waals surface area (Å²) in [5, 5.41) is 0. The number of alkyl halides is 3. The highest BCUT2D eigenvalue weighted by molar-refractivity contribution is 5.84. The lowest BCUT2D eigenvalue weighted by molar-refractivity contribution is -0.143. The predicted octanol–water partition coefficient (Wildman–Crippen LogP) is 3.45. The first-order valence-electron chi connectivity index (χ1n) is 12.1. The number of piperazine rings is 1. The van der Waals surface area contributed by atoms with Crippen molar-refractivity contribution in [3.63, 3.8) is 0 Å². The minimum Gasteiger partial charge on any atom is -0.340 e. The minimum atomic E-state index is -4.40. The number of nitrogens with zero attached hydrogens (tertiary/aromatic N) is 3. The normalized spacial score (nSPS) is 17.0. The Morgan fingerprint density at radius 2 is 1.43 bits per heavy atom. The lowest BCUT2D eigenvalue weighted by atomic mass is 9.75. The van der Waals surface area contributed by atoms with Crippen LogP contribution in [0.25, 0.3) is 0 Å². The summed E-state index contributed by atoms with van der Waals surface area (Å²) in [4.78, 5) is 20.3. The van der Waals surface area contributed by atoms with E-state index in [0.717, 1.165) is 49.4 Å². The number of halogens is 3. The van der Waals surface area contributed by atoms with Gasteiger partial charge < -0.3 is 15.5 Å². The average molecular weight is 491 g/mol. The van der Waals surface area contributed by atoms with Gasteiger partial charge in [-0.25, -0.2) is 0 Å². The topological polar surface area (TPSA) is 52.8 Å². The van der Waals surface area contributed by atoms with E-state index in [-0.39, 0.29) is 18.9 Å². The number of carbonyl (C=O) groups excluding carboxylic acids is 1. The standard InChI is InChI=1S/C27H37F3N4O/c1-21-4-6-22(7-5-21)18-26(20-31,19-23-8-10-24(11-9-23)27(28,29)30)25(35)34-16-14-33(15-17-34)13-12-32(2)3/h4-11H,12-20,31H2,1-3H3. The van der Waals surface area contributed by atoms with E-state index in [9.17, 15) is 18.0 Å². The fourth-order valence-electron chi connectivity index (χ4n) is 4.60.